The molecule has 1 aromatic rings. The van der Waals surface area contributed by atoms with Crippen LogP contribution in [-0.4, -0.2) is 52.7 Å². The molecule has 2 rings (SSSR count). The zero-order valence-corrected chi connectivity index (χ0v) is 14.3. The van der Waals surface area contributed by atoms with Crippen LogP contribution < -0.4 is 4.90 Å². The number of rotatable bonds is 2. The molecular formula is C15H23ClN4O2. The van der Waals surface area contributed by atoms with Gasteiger partial charge in [-0.25, -0.2) is 14.8 Å². The number of hydrogen-bond acceptors (Lipinski definition) is 5. The van der Waals surface area contributed by atoms with Crippen molar-refractivity contribution in [2.24, 2.45) is 0 Å². The number of carbonyl (C=O) groups is 1. The molecular weight excluding hydrogens is 304 g/mol. The summed E-state index contributed by atoms with van der Waals surface area (Å²) in [4.78, 5) is 24.1. The van der Waals surface area contributed by atoms with Gasteiger partial charge >= 0.3 is 6.09 Å². The van der Waals surface area contributed by atoms with Gasteiger partial charge in [-0.3, -0.25) is 0 Å². The first-order valence-electron chi connectivity index (χ1n) is 7.45. The molecule has 1 aromatic heterocycles. The minimum atomic E-state index is -0.486. The molecule has 1 aliphatic heterocycles. The number of halogens is 1. The fourth-order valence-corrected chi connectivity index (χ4v) is 2.61. The number of amides is 1. The molecule has 1 aliphatic rings. The fraction of sp³-hybridized carbons (Fsp3) is 0.667. The number of nitrogens with zero attached hydrogens (tertiary/aromatic N) is 4. The Labute approximate surface area is 136 Å². The van der Waals surface area contributed by atoms with Crippen molar-refractivity contribution in [2.45, 2.75) is 45.3 Å². The lowest BCUT2D eigenvalue weighted by molar-refractivity contribution is 0.0209. The van der Waals surface area contributed by atoms with Crippen LogP contribution in [0.25, 0.3) is 0 Å². The van der Waals surface area contributed by atoms with Gasteiger partial charge in [0.05, 0.1) is 6.04 Å². The number of anilines is 1. The second-order valence-electron chi connectivity index (χ2n) is 6.52. The first kappa shape index (κ1) is 16.8. The monoisotopic (exact) mass is 326 g/mol. The van der Waals surface area contributed by atoms with E-state index < -0.39 is 5.60 Å². The molecule has 0 N–H and O–H groups in total. The van der Waals surface area contributed by atoms with Gasteiger partial charge in [0.25, 0.3) is 0 Å². The number of piperidine rings is 1. The van der Waals surface area contributed by atoms with Crippen molar-refractivity contribution in [1.82, 2.24) is 14.9 Å². The zero-order valence-electron chi connectivity index (χ0n) is 13.5. The quantitative estimate of drug-likeness (QED) is 0.782. The van der Waals surface area contributed by atoms with Crippen LogP contribution in [0.3, 0.4) is 0 Å². The lowest BCUT2D eigenvalue weighted by Gasteiger charge is -2.38. The van der Waals surface area contributed by atoms with Gasteiger partial charge in [0, 0.05) is 26.3 Å². The first-order chi connectivity index (χ1) is 10.3. The Kier molecular flexibility index (Phi) is 5.11. The van der Waals surface area contributed by atoms with E-state index in [0.29, 0.717) is 6.54 Å². The Bertz CT molecular complexity index is 533. The van der Waals surface area contributed by atoms with Crippen LogP contribution in [0.4, 0.5) is 10.6 Å². The Balaban J connectivity index is 2.02. The minimum Gasteiger partial charge on any atom is -0.444 e. The molecule has 0 aliphatic carbocycles. The molecule has 122 valence electrons. The molecule has 1 amide bonds. The Hall–Kier alpha value is -1.56. The topological polar surface area (TPSA) is 58.6 Å². The van der Waals surface area contributed by atoms with Crippen LogP contribution in [0.2, 0.25) is 5.28 Å². The van der Waals surface area contributed by atoms with Crippen LogP contribution in [0.5, 0.6) is 0 Å². The predicted octanol–water partition coefficient (Wildman–Crippen LogP) is 2.97. The lowest BCUT2D eigenvalue weighted by Crippen LogP contribution is -2.50. The summed E-state index contributed by atoms with van der Waals surface area (Å²) in [5.74, 6) is 0.794. The van der Waals surface area contributed by atoms with Gasteiger partial charge in [-0.05, 0) is 51.3 Å². The summed E-state index contributed by atoms with van der Waals surface area (Å²) in [6, 6.07) is 1.93. The van der Waals surface area contributed by atoms with E-state index in [9.17, 15) is 4.79 Å². The van der Waals surface area contributed by atoms with E-state index >= 15 is 0 Å². The third-order valence-corrected chi connectivity index (χ3v) is 3.74. The van der Waals surface area contributed by atoms with E-state index in [4.69, 9.17) is 16.3 Å². The van der Waals surface area contributed by atoms with Crippen LogP contribution in [0.1, 0.15) is 33.6 Å². The van der Waals surface area contributed by atoms with Gasteiger partial charge in [-0.15, -0.1) is 0 Å². The summed E-state index contributed by atoms with van der Waals surface area (Å²) in [6.07, 6.45) is 3.29. The highest BCUT2D eigenvalue weighted by Gasteiger charge is 2.29. The molecule has 0 spiro atoms. The number of carbonyl (C=O) groups excluding carboxylic acids is 1. The van der Waals surface area contributed by atoms with Gasteiger partial charge in [0.1, 0.15) is 11.4 Å². The van der Waals surface area contributed by atoms with Crippen LogP contribution in [0.15, 0.2) is 12.3 Å². The third kappa shape index (κ3) is 4.47. The van der Waals surface area contributed by atoms with E-state index in [1.54, 1.807) is 18.1 Å². The van der Waals surface area contributed by atoms with Gasteiger partial charge < -0.3 is 14.5 Å². The van der Waals surface area contributed by atoms with Crippen molar-refractivity contribution >= 4 is 23.5 Å². The highest BCUT2D eigenvalue weighted by molar-refractivity contribution is 6.28. The molecule has 0 aromatic carbocycles. The summed E-state index contributed by atoms with van der Waals surface area (Å²) in [5, 5.41) is 0.236. The largest absolute Gasteiger partial charge is 0.444 e. The van der Waals surface area contributed by atoms with E-state index in [1.165, 1.54) is 0 Å². The smallest absolute Gasteiger partial charge is 0.410 e. The summed E-state index contributed by atoms with van der Waals surface area (Å²) in [6.45, 7) is 7.22. The lowest BCUT2D eigenvalue weighted by atomic mass is 10.0. The fourth-order valence-electron chi connectivity index (χ4n) is 2.46. The second kappa shape index (κ2) is 6.69. The molecule has 1 fully saturated rings. The molecule has 0 radical (unpaired) electrons. The van der Waals surface area contributed by atoms with Crippen molar-refractivity contribution < 1.29 is 9.53 Å². The van der Waals surface area contributed by atoms with Crippen LogP contribution >= 0.6 is 11.6 Å². The highest BCUT2D eigenvalue weighted by Crippen LogP contribution is 2.22. The predicted molar refractivity (Wildman–Crippen MR) is 86.3 cm³/mol. The third-order valence-electron chi connectivity index (χ3n) is 3.56. The summed E-state index contributed by atoms with van der Waals surface area (Å²) < 4.78 is 5.43. The van der Waals surface area contributed by atoms with Crippen molar-refractivity contribution in [3.05, 3.63) is 17.5 Å². The van der Waals surface area contributed by atoms with Crippen molar-refractivity contribution in [3.8, 4) is 0 Å². The van der Waals surface area contributed by atoms with E-state index in [2.05, 4.69) is 14.9 Å². The summed E-state index contributed by atoms with van der Waals surface area (Å²) in [7, 11) is 1.79. The zero-order chi connectivity index (χ0) is 16.3. The normalized spacial score (nSPS) is 19.0. The van der Waals surface area contributed by atoms with Crippen LogP contribution in [0, 0.1) is 0 Å². The molecule has 7 heteroatoms. The summed E-state index contributed by atoms with van der Waals surface area (Å²) >= 11 is 5.85. The van der Waals surface area contributed by atoms with Crippen molar-refractivity contribution in [3.63, 3.8) is 0 Å². The number of hydrogen-bond donors (Lipinski definition) is 0. The highest BCUT2D eigenvalue weighted by atomic mass is 35.5. The van der Waals surface area contributed by atoms with Crippen molar-refractivity contribution in [2.75, 3.05) is 25.0 Å². The number of likely N-dealkylation sites (N-methyl/N-ethyl adjacent to an activating group) is 1. The number of ether oxygens (including phenoxy) is 1. The molecule has 0 unspecified atom stereocenters. The maximum Gasteiger partial charge on any atom is 0.410 e. The first-order valence-corrected chi connectivity index (χ1v) is 7.83. The molecule has 2 heterocycles. The van der Waals surface area contributed by atoms with Crippen molar-refractivity contribution in [1.29, 1.82) is 0 Å². The van der Waals surface area contributed by atoms with Crippen LogP contribution in [-0.2, 0) is 4.74 Å². The SMILES string of the molecule is CN(C(=O)OC(C)(C)C)[C@H]1CCCN(c2ccnc(Cl)n2)C1. The average Bonchev–Trinajstić information content (AvgIpc) is 2.45. The Morgan fingerprint density at radius 2 is 2.23 bits per heavy atom. The van der Waals surface area contributed by atoms with E-state index in [-0.39, 0.29) is 17.4 Å². The van der Waals surface area contributed by atoms with Gasteiger partial charge in [-0.2, -0.15) is 0 Å². The standard InChI is InChI=1S/C15H23ClN4O2/c1-15(2,3)22-14(21)19(4)11-6-5-9-20(10-11)12-7-8-17-13(16)18-12/h7-8,11H,5-6,9-10H2,1-4H3/t11-/m0/s1. The Morgan fingerprint density at radius 1 is 1.50 bits per heavy atom. The Morgan fingerprint density at radius 3 is 2.86 bits per heavy atom. The average molecular weight is 327 g/mol. The second-order valence-corrected chi connectivity index (χ2v) is 6.86. The summed E-state index contributed by atoms with van der Waals surface area (Å²) in [5.41, 5.74) is -0.486. The number of aromatic nitrogens is 2. The molecule has 6 nitrogen and oxygen atoms in total. The molecule has 1 saturated heterocycles. The van der Waals surface area contributed by atoms with Gasteiger partial charge in [0.15, 0.2) is 0 Å². The molecule has 1 atom stereocenters. The van der Waals surface area contributed by atoms with E-state index in [1.807, 2.05) is 26.8 Å². The van der Waals surface area contributed by atoms with Gasteiger partial charge in [0.2, 0.25) is 5.28 Å². The maximum absolute atomic E-state index is 12.2. The van der Waals surface area contributed by atoms with Gasteiger partial charge in [-0.1, -0.05) is 0 Å². The molecule has 22 heavy (non-hydrogen) atoms. The minimum absolute atomic E-state index is 0.0948. The van der Waals surface area contributed by atoms with E-state index in [0.717, 1.165) is 25.2 Å². The maximum atomic E-state index is 12.2. The molecule has 0 saturated carbocycles. The molecule has 0 bridgehead atoms.